The maximum atomic E-state index is 12.7. The molecular weight excluding hydrogens is 276 g/mol. The van der Waals surface area contributed by atoms with Gasteiger partial charge in [-0.25, -0.2) is 0 Å². The quantitative estimate of drug-likeness (QED) is 0.879. The van der Waals surface area contributed by atoms with E-state index in [1.807, 2.05) is 29.2 Å². The van der Waals surface area contributed by atoms with Crippen LogP contribution in [0.1, 0.15) is 24.2 Å². The lowest BCUT2D eigenvalue weighted by Crippen LogP contribution is -2.57. The van der Waals surface area contributed by atoms with Gasteiger partial charge in [0.25, 0.3) is 5.91 Å². The Kier molecular flexibility index (Phi) is 4.35. The molecule has 1 aromatic carbocycles. The molecule has 0 saturated carbocycles. The Hall–Kier alpha value is -1.52. The van der Waals surface area contributed by atoms with Crippen molar-refractivity contribution in [1.82, 2.24) is 10.2 Å². The van der Waals surface area contributed by atoms with Crippen LogP contribution in [0.2, 0.25) is 0 Å². The minimum absolute atomic E-state index is 0. The number of nitrogens with one attached hydrogen (secondary N) is 1. The summed E-state index contributed by atoms with van der Waals surface area (Å²) in [7, 11) is 0. The number of fused-ring (bicyclic) bond motifs is 1. The monoisotopic (exact) mass is 294 g/mol. The van der Waals surface area contributed by atoms with Crippen LogP contribution < -0.4 is 5.32 Å². The summed E-state index contributed by atoms with van der Waals surface area (Å²) < 4.78 is 5.46. The Morgan fingerprint density at radius 3 is 2.90 bits per heavy atom. The largest absolute Gasteiger partial charge is 0.463 e. The predicted octanol–water partition coefficient (Wildman–Crippen LogP) is 2.68. The van der Waals surface area contributed by atoms with E-state index < -0.39 is 0 Å². The zero-order valence-electron chi connectivity index (χ0n) is 11.6. The summed E-state index contributed by atoms with van der Waals surface area (Å²) in [4.78, 5) is 14.6. The molecule has 1 fully saturated rings. The smallest absolute Gasteiger partial charge is 0.258 e. The number of piperazine rings is 1. The normalized spacial score (nSPS) is 22.6. The summed E-state index contributed by atoms with van der Waals surface area (Å²) in [6.45, 7) is 5.77. The second-order valence-corrected chi connectivity index (χ2v) is 5.13. The van der Waals surface area contributed by atoms with Gasteiger partial charge in [0, 0.05) is 30.6 Å². The maximum Gasteiger partial charge on any atom is 0.258 e. The van der Waals surface area contributed by atoms with E-state index in [0.29, 0.717) is 11.6 Å². The third-order valence-electron chi connectivity index (χ3n) is 4.01. The fourth-order valence-corrected chi connectivity index (χ4v) is 2.64. The molecule has 2 aromatic rings. The van der Waals surface area contributed by atoms with E-state index >= 15 is 0 Å². The molecule has 2 atom stereocenters. The van der Waals surface area contributed by atoms with Gasteiger partial charge < -0.3 is 14.6 Å². The Morgan fingerprint density at radius 1 is 1.35 bits per heavy atom. The molecule has 2 unspecified atom stereocenters. The molecule has 3 rings (SSSR count). The summed E-state index contributed by atoms with van der Waals surface area (Å²) in [6, 6.07) is 8.16. The van der Waals surface area contributed by atoms with Crippen molar-refractivity contribution < 1.29 is 9.21 Å². The molecule has 0 aliphatic carbocycles. The van der Waals surface area contributed by atoms with E-state index in [-0.39, 0.29) is 24.4 Å². The first kappa shape index (κ1) is 14.9. The van der Waals surface area contributed by atoms with Crippen molar-refractivity contribution in [3.05, 3.63) is 36.1 Å². The van der Waals surface area contributed by atoms with Crippen LogP contribution in [0.25, 0.3) is 11.0 Å². The highest BCUT2D eigenvalue weighted by molar-refractivity contribution is 6.06. The summed E-state index contributed by atoms with van der Waals surface area (Å²) in [5.41, 5.74) is 1.43. The highest BCUT2D eigenvalue weighted by Gasteiger charge is 2.30. The first-order chi connectivity index (χ1) is 9.18. The van der Waals surface area contributed by atoms with Gasteiger partial charge in [-0.2, -0.15) is 0 Å². The number of carbonyl (C=O) groups excluding carboxylic acids is 1. The molecule has 0 spiro atoms. The van der Waals surface area contributed by atoms with Crippen LogP contribution in [0.3, 0.4) is 0 Å². The van der Waals surface area contributed by atoms with Crippen LogP contribution >= 0.6 is 12.4 Å². The molecule has 1 aromatic heterocycles. The standard InChI is InChI=1S/C15H18N2O2.ClH/c1-10-11(2)17(8-7-16-10)15(18)13-9-19-14-6-4-3-5-12(13)14;/h3-6,9-11,16H,7-8H2,1-2H3;1H. The number of rotatable bonds is 1. The Balaban J connectivity index is 0.00000147. The van der Waals surface area contributed by atoms with Gasteiger partial charge in [-0.05, 0) is 19.9 Å². The van der Waals surface area contributed by atoms with Gasteiger partial charge in [0.15, 0.2) is 0 Å². The number of carbonyl (C=O) groups is 1. The van der Waals surface area contributed by atoms with Crippen molar-refractivity contribution in [3.8, 4) is 0 Å². The lowest BCUT2D eigenvalue weighted by molar-refractivity contribution is 0.0604. The number of furan rings is 1. The molecule has 1 aliphatic heterocycles. The van der Waals surface area contributed by atoms with Crippen molar-refractivity contribution in [3.63, 3.8) is 0 Å². The molecule has 1 saturated heterocycles. The van der Waals surface area contributed by atoms with Crippen LogP contribution in [-0.4, -0.2) is 36.0 Å². The molecule has 20 heavy (non-hydrogen) atoms. The maximum absolute atomic E-state index is 12.7. The van der Waals surface area contributed by atoms with Crippen molar-refractivity contribution in [1.29, 1.82) is 0 Å². The summed E-state index contributed by atoms with van der Waals surface area (Å²) >= 11 is 0. The Morgan fingerprint density at radius 2 is 2.10 bits per heavy atom. The van der Waals surface area contributed by atoms with Gasteiger partial charge >= 0.3 is 0 Å². The number of hydrogen-bond acceptors (Lipinski definition) is 3. The summed E-state index contributed by atoms with van der Waals surface area (Å²) in [5.74, 6) is 0.0609. The molecule has 1 N–H and O–H groups in total. The number of halogens is 1. The first-order valence-corrected chi connectivity index (χ1v) is 6.69. The highest BCUT2D eigenvalue weighted by Crippen LogP contribution is 2.23. The van der Waals surface area contributed by atoms with Gasteiger partial charge in [0.05, 0.1) is 5.56 Å². The molecule has 4 nitrogen and oxygen atoms in total. The lowest BCUT2D eigenvalue weighted by atomic mass is 10.0. The molecular formula is C15H19ClN2O2. The van der Waals surface area contributed by atoms with Crippen LogP contribution in [0.15, 0.2) is 34.9 Å². The lowest BCUT2D eigenvalue weighted by Gasteiger charge is -2.38. The average Bonchev–Trinajstić information content (AvgIpc) is 2.85. The van der Waals surface area contributed by atoms with Gasteiger partial charge in [0.2, 0.25) is 0 Å². The topological polar surface area (TPSA) is 45.5 Å². The van der Waals surface area contributed by atoms with Gasteiger partial charge in [-0.15, -0.1) is 12.4 Å². The fraction of sp³-hybridized carbons (Fsp3) is 0.400. The minimum Gasteiger partial charge on any atom is -0.463 e. The molecule has 5 heteroatoms. The van der Waals surface area contributed by atoms with E-state index in [9.17, 15) is 4.79 Å². The van der Waals surface area contributed by atoms with Crippen LogP contribution in [-0.2, 0) is 0 Å². The molecule has 1 aliphatic rings. The van der Waals surface area contributed by atoms with Crippen LogP contribution in [0.5, 0.6) is 0 Å². The zero-order valence-corrected chi connectivity index (χ0v) is 12.4. The second-order valence-electron chi connectivity index (χ2n) is 5.13. The van der Waals surface area contributed by atoms with Crippen molar-refractivity contribution >= 4 is 29.3 Å². The molecule has 0 bridgehead atoms. The molecule has 0 radical (unpaired) electrons. The average molecular weight is 295 g/mol. The fourth-order valence-electron chi connectivity index (χ4n) is 2.64. The van der Waals surface area contributed by atoms with E-state index in [0.717, 1.165) is 24.1 Å². The Bertz CT molecular complexity index is 611. The van der Waals surface area contributed by atoms with Crippen molar-refractivity contribution in [2.45, 2.75) is 25.9 Å². The van der Waals surface area contributed by atoms with E-state index in [1.54, 1.807) is 6.26 Å². The van der Waals surface area contributed by atoms with Gasteiger partial charge in [-0.1, -0.05) is 18.2 Å². The van der Waals surface area contributed by atoms with Crippen LogP contribution in [0.4, 0.5) is 0 Å². The Labute approximate surface area is 124 Å². The van der Waals surface area contributed by atoms with Crippen molar-refractivity contribution in [2.24, 2.45) is 0 Å². The number of hydrogen-bond donors (Lipinski definition) is 1. The van der Waals surface area contributed by atoms with Gasteiger partial charge in [0.1, 0.15) is 11.8 Å². The SMILES string of the molecule is CC1NCCN(C(=O)c2coc3ccccc23)C1C.Cl. The number of nitrogens with zero attached hydrogens (tertiary/aromatic N) is 1. The van der Waals surface area contributed by atoms with E-state index in [1.165, 1.54) is 0 Å². The molecule has 1 amide bonds. The third kappa shape index (κ3) is 2.41. The van der Waals surface area contributed by atoms with Crippen LogP contribution in [0, 0.1) is 0 Å². The molecule has 2 heterocycles. The summed E-state index contributed by atoms with van der Waals surface area (Å²) in [5, 5.41) is 4.28. The third-order valence-corrected chi connectivity index (χ3v) is 4.01. The number of para-hydroxylation sites is 1. The first-order valence-electron chi connectivity index (χ1n) is 6.69. The number of amides is 1. The minimum atomic E-state index is 0. The van der Waals surface area contributed by atoms with E-state index in [2.05, 4.69) is 19.2 Å². The number of benzene rings is 1. The van der Waals surface area contributed by atoms with E-state index in [4.69, 9.17) is 4.42 Å². The molecule has 108 valence electrons. The zero-order chi connectivity index (χ0) is 13.4. The summed E-state index contributed by atoms with van der Waals surface area (Å²) in [6.07, 6.45) is 1.58. The second kappa shape index (κ2) is 5.85. The van der Waals surface area contributed by atoms with Gasteiger partial charge in [-0.3, -0.25) is 4.79 Å². The van der Waals surface area contributed by atoms with Crippen molar-refractivity contribution in [2.75, 3.05) is 13.1 Å². The predicted molar refractivity (Wildman–Crippen MR) is 81.4 cm³/mol. The highest BCUT2D eigenvalue weighted by atomic mass is 35.5.